The fraction of sp³-hybridized carbons (Fsp3) is 0.500. The Balaban J connectivity index is 0.00000280. The van der Waals surface area contributed by atoms with Gasteiger partial charge in [0.15, 0.2) is 5.78 Å². The molecule has 2 atom stereocenters. The SMILES string of the molecule is CC(=O)c1ccccc1OCC(O)CN1CCOC(Cn2cc(C)cn2)C1.Cl. The van der Waals surface area contributed by atoms with Gasteiger partial charge in [-0.25, -0.2) is 0 Å². The van der Waals surface area contributed by atoms with Gasteiger partial charge in [0.25, 0.3) is 0 Å². The highest BCUT2D eigenvalue weighted by Gasteiger charge is 2.23. The number of hydrogen-bond donors (Lipinski definition) is 1. The lowest BCUT2D eigenvalue weighted by molar-refractivity contribution is -0.0517. The molecule has 1 fully saturated rings. The molecule has 0 spiro atoms. The van der Waals surface area contributed by atoms with Crippen molar-refractivity contribution in [2.24, 2.45) is 0 Å². The second kappa shape index (κ2) is 10.6. The summed E-state index contributed by atoms with van der Waals surface area (Å²) in [5, 5.41) is 14.7. The molecule has 1 aromatic heterocycles. The number of benzene rings is 1. The first kappa shape index (κ1) is 22.4. The first-order chi connectivity index (χ1) is 13.0. The van der Waals surface area contributed by atoms with Crippen molar-refractivity contribution in [1.29, 1.82) is 0 Å². The van der Waals surface area contributed by atoms with Crippen molar-refractivity contribution >= 4 is 18.2 Å². The molecule has 1 saturated heterocycles. The van der Waals surface area contributed by atoms with Gasteiger partial charge in [0.05, 0.1) is 31.0 Å². The average molecular weight is 410 g/mol. The van der Waals surface area contributed by atoms with E-state index in [0.717, 1.165) is 18.7 Å². The number of rotatable bonds is 8. The van der Waals surface area contributed by atoms with Crippen LogP contribution in [0.1, 0.15) is 22.8 Å². The molecular formula is C20H28ClN3O4. The van der Waals surface area contributed by atoms with Crippen LogP contribution in [0.4, 0.5) is 0 Å². The van der Waals surface area contributed by atoms with E-state index in [-0.39, 0.29) is 30.9 Å². The highest BCUT2D eigenvalue weighted by molar-refractivity contribution is 5.96. The monoisotopic (exact) mass is 409 g/mol. The number of morpholine rings is 1. The molecule has 2 aromatic rings. The molecule has 7 nitrogen and oxygen atoms in total. The molecule has 0 saturated carbocycles. The molecular weight excluding hydrogens is 382 g/mol. The maximum atomic E-state index is 11.6. The van der Waals surface area contributed by atoms with Gasteiger partial charge < -0.3 is 14.6 Å². The number of ether oxygens (including phenoxy) is 2. The van der Waals surface area contributed by atoms with Crippen LogP contribution >= 0.6 is 12.4 Å². The second-order valence-corrected chi connectivity index (χ2v) is 7.01. The normalized spacial score (nSPS) is 18.3. The molecule has 0 aliphatic carbocycles. The standard InChI is InChI=1S/C20H27N3O4.ClH/c1-15-9-21-23(10-15)13-18-12-22(7-8-26-18)11-17(25)14-27-20-6-4-3-5-19(20)16(2)24;/h3-6,9-10,17-18,25H,7-8,11-14H2,1-2H3;1H. The Morgan fingerprint density at radius 2 is 2.21 bits per heavy atom. The molecule has 1 aliphatic heterocycles. The van der Waals surface area contributed by atoms with Crippen molar-refractivity contribution in [1.82, 2.24) is 14.7 Å². The Bertz CT molecular complexity index is 767. The molecule has 2 heterocycles. The van der Waals surface area contributed by atoms with Crippen LogP contribution in [0, 0.1) is 6.92 Å². The maximum absolute atomic E-state index is 11.6. The molecule has 2 unspecified atom stereocenters. The summed E-state index contributed by atoms with van der Waals surface area (Å²) in [5.41, 5.74) is 1.66. The van der Waals surface area contributed by atoms with Crippen molar-refractivity contribution in [2.75, 3.05) is 32.8 Å². The third-order valence-corrected chi connectivity index (χ3v) is 4.54. The molecule has 154 valence electrons. The van der Waals surface area contributed by atoms with E-state index in [1.165, 1.54) is 6.92 Å². The summed E-state index contributed by atoms with van der Waals surface area (Å²) >= 11 is 0. The zero-order valence-electron chi connectivity index (χ0n) is 16.3. The lowest BCUT2D eigenvalue weighted by atomic mass is 10.1. The summed E-state index contributed by atoms with van der Waals surface area (Å²) < 4.78 is 13.4. The number of hydrogen-bond acceptors (Lipinski definition) is 6. The van der Waals surface area contributed by atoms with E-state index < -0.39 is 6.10 Å². The number of aliphatic hydroxyl groups excluding tert-OH is 1. The molecule has 28 heavy (non-hydrogen) atoms. The number of aliphatic hydroxyl groups is 1. The van der Waals surface area contributed by atoms with Gasteiger partial charge in [0.2, 0.25) is 0 Å². The summed E-state index contributed by atoms with van der Waals surface area (Å²) in [5.74, 6) is 0.461. The Morgan fingerprint density at radius 3 is 2.93 bits per heavy atom. The van der Waals surface area contributed by atoms with Crippen molar-refractivity contribution in [3.05, 3.63) is 47.8 Å². The van der Waals surface area contributed by atoms with Crippen LogP contribution < -0.4 is 4.74 Å². The minimum absolute atomic E-state index is 0. The number of Topliss-reactive ketones (excluding diaryl/α,β-unsaturated/α-hetero) is 1. The molecule has 0 radical (unpaired) electrons. The molecule has 1 aliphatic rings. The van der Waals surface area contributed by atoms with Crippen molar-refractivity contribution in [3.8, 4) is 5.75 Å². The van der Waals surface area contributed by atoms with Crippen LogP contribution in [-0.2, 0) is 11.3 Å². The van der Waals surface area contributed by atoms with Crippen LogP contribution in [0.2, 0.25) is 0 Å². The number of halogens is 1. The summed E-state index contributed by atoms with van der Waals surface area (Å²) in [6.07, 6.45) is 3.23. The molecule has 0 bridgehead atoms. The minimum Gasteiger partial charge on any atom is -0.490 e. The third-order valence-electron chi connectivity index (χ3n) is 4.54. The Kier molecular flexibility index (Phi) is 8.44. The number of aromatic nitrogens is 2. The second-order valence-electron chi connectivity index (χ2n) is 7.01. The summed E-state index contributed by atoms with van der Waals surface area (Å²) in [4.78, 5) is 13.8. The predicted octanol–water partition coefficient (Wildman–Crippen LogP) is 1.96. The number of para-hydroxylation sites is 1. The lowest BCUT2D eigenvalue weighted by Gasteiger charge is -2.34. The van der Waals surface area contributed by atoms with Crippen LogP contribution in [0.25, 0.3) is 0 Å². The summed E-state index contributed by atoms with van der Waals surface area (Å²) in [7, 11) is 0. The van der Waals surface area contributed by atoms with Crippen LogP contribution in [0.3, 0.4) is 0 Å². The number of aryl methyl sites for hydroxylation is 1. The summed E-state index contributed by atoms with van der Waals surface area (Å²) in [6.45, 7) is 7.00. The van der Waals surface area contributed by atoms with Gasteiger partial charge in [0.1, 0.15) is 18.5 Å². The molecule has 3 rings (SSSR count). The number of carbonyl (C=O) groups excluding carboxylic acids is 1. The van der Waals surface area contributed by atoms with Gasteiger partial charge in [0, 0.05) is 25.8 Å². The van der Waals surface area contributed by atoms with E-state index in [0.29, 0.717) is 31.0 Å². The summed E-state index contributed by atoms with van der Waals surface area (Å²) in [6, 6.07) is 7.10. The van der Waals surface area contributed by atoms with Crippen molar-refractivity contribution in [3.63, 3.8) is 0 Å². The van der Waals surface area contributed by atoms with Gasteiger partial charge >= 0.3 is 0 Å². The highest BCUT2D eigenvalue weighted by atomic mass is 35.5. The first-order valence-electron chi connectivity index (χ1n) is 9.25. The van der Waals surface area contributed by atoms with Crippen LogP contribution in [0.15, 0.2) is 36.7 Å². The van der Waals surface area contributed by atoms with Crippen molar-refractivity contribution < 1.29 is 19.4 Å². The molecule has 1 N–H and O–H groups in total. The Morgan fingerprint density at radius 1 is 1.43 bits per heavy atom. The number of carbonyl (C=O) groups is 1. The fourth-order valence-electron chi connectivity index (χ4n) is 3.25. The van der Waals surface area contributed by atoms with E-state index in [4.69, 9.17) is 9.47 Å². The fourth-order valence-corrected chi connectivity index (χ4v) is 3.25. The number of ketones is 1. The number of nitrogens with zero attached hydrogens (tertiary/aromatic N) is 3. The molecule has 8 heteroatoms. The predicted molar refractivity (Wildman–Crippen MR) is 108 cm³/mol. The van der Waals surface area contributed by atoms with Gasteiger partial charge in [-0.1, -0.05) is 12.1 Å². The van der Waals surface area contributed by atoms with Gasteiger partial charge in [-0.2, -0.15) is 5.10 Å². The number of β-amino-alcohol motifs (C(OH)–C–C–N with tert-alkyl or cyclic N) is 1. The Hall–Kier alpha value is -1.93. The van der Waals surface area contributed by atoms with Crippen molar-refractivity contribution in [2.45, 2.75) is 32.6 Å². The van der Waals surface area contributed by atoms with E-state index in [2.05, 4.69) is 10.00 Å². The third kappa shape index (κ3) is 6.31. The molecule has 0 amide bonds. The lowest BCUT2D eigenvalue weighted by Crippen LogP contribution is -2.47. The zero-order valence-corrected chi connectivity index (χ0v) is 17.1. The van der Waals surface area contributed by atoms with E-state index in [1.54, 1.807) is 18.2 Å². The van der Waals surface area contributed by atoms with E-state index >= 15 is 0 Å². The maximum Gasteiger partial charge on any atom is 0.163 e. The van der Waals surface area contributed by atoms with Gasteiger partial charge in [-0.15, -0.1) is 12.4 Å². The zero-order chi connectivity index (χ0) is 19.2. The van der Waals surface area contributed by atoms with Crippen LogP contribution in [0.5, 0.6) is 5.75 Å². The molecule has 1 aromatic carbocycles. The Labute approximate surface area is 171 Å². The first-order valence-corrected chi connectivity index (χ1v) is 9.25. The highest BCUT2D eigenvalue weighted by Crippen LogP contribution is 2.18. The van der Waals surface area contributed by atoms with E-state index in [9.17, 15) is 9.90 Å². The van der Waals surface area contributed by atoms with Gasteiger partial charge in [-0.05, 0) is 31.5 Å². The quantitative estimate of drug-likeness (QED) is 0.671. The van der Waals surface area contributed by atoms with Crippen LogP contribution in [-0.4, -0.2) is 70.6 Å². The largest absolute Gasteiger partial charge is 0.490 e. The topological polar surface area (TPSA) is 76.8 Å². The average Bonchev–Trinajstić information content (AvgIpc) is 3.05. The van der Waals surface area contributed by atoms with Gasteiger partial charge in [-0.3, -0.25) is 14.4 Å². The minimum atomic E-state index is -0.643. The van der Waals surface area contributed by atoms with E-state index in [1.807, 2.05) is 30.1 Å². The smallest absolute Gasteiger partial charge is 0.163 e.